The molecule has 0 amide bonds. The van der Waals surface area contributed by atoms with E-state index in [0.717, 1.165) is 0 Å². The molecule has 220 valence electrons. The standard InChI is InChI=1S/C21H27N10O9P/c1-7(14-12(33)13(34)20(39-14)30-5-26-10-15(22)24-4-25-16(10)30)40-41(36,37)9-2-8(3-32)38-19(9)31-6-27-11-17(31)28-21(23)29-18(11)35/h4-9,12-14,19-20,32-34H,2-3H2,1H3,(H,36,37)(H2,22,24,25)(H3,23,28,29,35)/t7-,8-,9+,12-,13+,14-,19+,20+/m0/s1. The molecule has 41 heavy (non-hydrogen) atoms. The Morgan fingerprint density at radius 3 is 2.54 bits per heavy atom. The van der Waals surface area contributed by atoms with Gasteiger partial charge in [0.05, 0.1) is 31.5 Å². The van der Waals surface area contributed by atoms with Gasteiger partial charge in [0, 0.05) is 0 Å². The number of aliphatic hydroxyl groups excluding tert-OH is 3. The van der Waals surface area contributed by atoms with E-state index in [2.05, 4.69) is 29.9 Å². The fourth-order valence-electron chi connectivity index (χ4n) is 5.26. The maximum absolute atomic E-state index is 13.7. The van der Waals surface area contributed by atoms with Gasteiger partial charge in [-0.3, -0.25) is 23.5 Å². The van der Waals surface area contributed by atoms with Gasteiger partial charge in [0.1, 0.15) is 35.8 Å². The smallest absolute Gasteiger partial charge is 0.336 e. The summed E-state index contributed by atoms with van der Waals surface area (Å²) in [6.07, 6.45) is -5.07. The van der Waals surface area contributed by atoms with E-state index in [0.29, 0.717) is 0 Å². The summed E-state index contributed by atoms with van der Waals surface area (Å²) in [5, 5.41) is 31.3. The molecule has 0 aliphatic carbocycles. The van der Waals surface area contributed by atoms with Crippen LogP contribution in [0.25, 0.3) is 22.3 Å². The van der Waals surface area contributed by atoms with Crippen molar-refractivity contribution in [3.05, 3.63) is 29.3 Å². The zero-order chi connectivity index (χ0) is 29.2. The maximum Gasteiger partial charge on any atom is 0.336 e. The number of aromatic amines is 1. The summed E-state index contributed by atoms with van der Waals surface area (Å²) in [5.41, 5.74) is 10.1. The van der Waals surface area contributed by atoms with Gasteiger partial charge in [-0.2, -0.15) is 4.98 Å². The fourth-order valence-corrected chi connectivity index (χ4v) is 7.05. The number of nitrogens with zero attached hydrogens (tertiary/aromatic N) is 7. The van der Waals surface area contributed by atoms with Crippen LogP contribution in [0.5, 0.6) is 0 Å². The molecule has 19 nitrogen and oxygen atoms in total. The lowest BCUT2D eigenvalue weighted by molar-refractivity contribution is -0.0736. The molecule has 1 unspecified atom stereocenters. The highest BCUT2D eigenvalue weighted by Gasteiger charge is 2.52. The van der Waals surface area contributed by atoms with Crippen LogP contribution in [0.15, 0.2) is 23.8 Å². The first-order valence-electron chi connectivity index (χ1n) is 12.4. The summed E-state index contributed by atoms with van der Waals surface area (Å²) >= 11 is 0. The lowest BCUT2D eigenvalue weighted by Gasteiger charge is -2.29. The number of H-pyrrole nitrogens is 1. The van der Waals surface area contributed by atoms with E-state index < -0.39 is 68.4 Å². The van der Waals surface area contributed by atoms with Gasteiger partial charge in [0.15, 0.2) is 35.1 Å². The van der Waals surface area contributed by atoms with Crippen molar-refractivity contribution in [2.45, 2.75) is 62.0 Å². The lowest BCUT2D eigenvalue weighted by Crippen LogP contribution is -2.38. The van der Waals surface area contributed by atoms with Crippen molar-refractivity contribution in [3.8, 4) is 0 Å². The molecule has 2 aliphatic heterocycles. The van der Waals surface area contributed by atoms with Gasteiger partial charge in [-0.15, -0.1) is 0 Å². The minimum absolute atomic E-state index is 0.00501. The minimum atomic E-state index is -4.63. The number of nitrogens with one attached hydrogen (secondary N) is 1. The summed E-state index contributed by atoms with van der Waals surface area (Å²) in [6.45, 7) is 0.942. The number of imidazole rings is 2. The van der Waals surface area contributed by atoms with Crippen LogP contribution in [0.4, 0.5) is 11.8 Å². The van der Waals surface area contributed by atoms with E-state index in [-0.39, 0.29) is 40.5 Å². The van der Waals surface area contributed by atoms with Crippen molar-refractivity contribution in [1.29, 1.82) is 0 Å². The molecule has 2 fully saturated rings. The van der Waals surface area contributed by atoms with Crippen LogP contribution in [0.2, 0.25) is 0 Å². The van der Waals surface area contributed by atoms with Crippen LogP contribution in [-0.4, -0.2) is 102 Å². The molecule has 6 rings (SSSR count). The van der Waals surface area contributed by atoms with Crippen molar-refractivity contribution in [1.82, 2.24) is 39.0 Å². The second-order valence-corrected chi connectivity index (χ2v) is 11.8. The number of aliphatic hydroxyl groups is 3. The molecule has 0 bridgehead atoms. The number of nitrogens with two attached hydrogens (primary N) is 2. The molecule has 0 radical (unpaired) electrons. The van der Waals surface area contributed by atoms with Crippen molar-refractivity contribution < 1.29 is 38.8 Å². The largest absolute Gasteiger partial charge is 0.394 e. The van der Waals surface area contributed by atoms with Gasteiger partial charge < -0.3 is 45.7 Å². The van der Waals surface area contributed by atoms with Crippen molar-refractivity contribution in [3.63, 3.8) is 0 Å². The van der Waals surface area contributed by atoms with E-state index in [9.17, 15) is 29.6 Å². The summed E-state index contributed by atoms with van der Waals surface area (Å²) < 4.78 is 33.7. The number of rotatable bonds is 7. The molecule has 9 atom stereocenters. The molecular weight excluding hydrogens is 567 g/mol. The minimum Gasteiger partial charge on any atom is -0.394 e. The van der Waals surface area contributed by atoms with Crippen LogP contribution in [0, 0.1) is 0 Å². The highest BCUT2D eigenvalue weighted by atomic mass is 31.2. The fraction of sp³-hybridized carbons (Fsp3) is 0.524. The van der Waals surface area contributed by atoms with Crippen LogP contribution in [-0.2, 0) is 18.6 Å². The number of ether oxygens (including phenoxy) is 2. The summed E-state index contributed by atoms with van der Waals surface area (Å²) in [7, 11) is -4.63. The third kappa shape index (κ3) is 4.56. The second-order valence-electron chi connectivity index (χ2n) is 9.84. The molecule has 0 saturated carbocycles. The van der Waals surface area contributed by atoms with Gasteiger partial charge in [-0.1, -0.05) is 0 Å². The Bertz CT molecular complexity index is 1710. The third-order valence-corrected chi connectivity index (χ3v) is 9.17. The number of aromatic nitrogens is 8. The zero-order valence-electron chi connectivity index (χ0n) is 21.3. The number of hydrogen-bond donors (Lipinski definition) is 7. The first-order chi connectivity index (χ1) is 19.5. The Kier molecular flexibility index (Phi) is 6.78. The third-order valence-electron chi connectivity index (χ3n) is 7.23. The Hall–Kier alpha value is -3.55. The van der Waals surface area contributed by atoms with Gasteiger partial charge in [-0.05, 0) is 13.3 Å². The van der Waals surface area contributed by atoms with Crippen LogP contribution >= 0.6 is 7.60 Å². The van der Waals surface area contributed by atoms with E-state index in [1.807, 2.05) is 0 Å². The Morgan fingerprint density at radius 1 is 1.10 bits per heavy atom. The Balaban J connectivity index is 1.26. The van der Waals surface area contributed by atoms with Crippen molar-refractivity contribution >= 4 is 41.7 Å². The van der Waals surface area contributed by atoms with Gasteiger partial charge in [0.25, 0.3) is 5.56 Å². The van der Waals surface area contributed by atoms with E-state index in [1.54, 1.807) is 0 Å². The van der Waals surface area contributed by atoms with Crippen LogP contribution in [0.1, 0.15) is 25.8 Å². The van der Waals surface area contributed by atoms with Crippen LogP contribution < -0.4 is 17.0 Å². The molecular formula is C21H27N10O9P. The molecule has 0 spiro atoms. The normalized spacial score (nSPS) is 30.7. The monoisotopic (exact) mass is 594 g/mol. The molecule has 2 saturated heterocycles. The van der Waals surface area contributed by atoms with Crippen molar-refractivity contribution in [2.24, 2.45) is 0 Å². The summed E-state index contributed by atoms with van der Waals surface area (Å²) in [4.78, 5) is 45.9. The SMILES string of the molecule is C[C@H](OP(=O)(O)[C@@H]1C[C@@H](CO)O[C@H]1n1cnc2c(=O)[nH]c(N)nc21)[C@@H]1O[C@@H](n2cnc3c(N)ncnc32)[C@H](O)[C@@H]1O. The van der Waals surface area contributed by atoms with E-state index in [1.165, 1.54) is 35.0 Å². The molecule has 0 aromatic carbocycles. The van der Waals surface area contributed by atoms with Gasteiger partial charge in [-0.25, -0.2) is 19.9 Å². The lowest BCUT2D eigenvalue weighted by atomic mass is 10.1. The molecule has 20 heteroatoms. The summed E-state index contributed by atoms with van der Waals surface area (Å²) in [6, 6.07) is 0. The Labute approximate surface area is 229 Å². The quantitative estimate of drug-likeness (QED) is 0.114. The van der Waals surface area contributed by atoms with Gasteiger partial charge >= 0.3 is 7.60 Å². The number of nitrogen functional groups attached to an aromatic ring is 2. The molecule has 4 aromatic heterocycles. The molecule has 4 aromatic rings. The first-order valence-corrected chi connectivity index (χ1v) is 14.1. The average Bonchev–Trinajstić information content (AvgIpc) is 3.69. The zero-order valence-corrected chi connectivity index (χ0v) is 22.2. The predicted molar refractivity (Wildman–Crippen MR) is 138 cm³/mol. The van der Waals surface area contributed by atoms with Crippen molar-refractivity contribution in [2.75, 3.05) is 18.1 Å². The van der Waals surface area contributed by atoms with E-state index in [4.69, 9.17) is 25.5 Å². The van der Waals surface area contributed by atoms with E-state index >= 15 is 0 Å². The second kappa shape index (κ2) is 10.1. The highest BCUT2D eigenvalue weighted by Crippen LogP contribution is 2.58. The first kappa shape index (κ1) is 27.6. The topological polar surface area (TPSA) is 285 Å². The number of anilines is 2. The predicted octanol–water partition coefficient (Wildman–Crippen LogP) is -2.02. The highest BCUT2D eigenvalue weighted by molar-refractivity contribution is 7.53. The maximum atomic E-state index is 13.7. The van der Waals surface area contributed by atoms with Crippen LogP contribution in [0.3, 0.4) is 0 Å². The molecule has 9 N–H and O–H groups in total. The average molecular weight is 594 g/mol. The molecule has 2 aliphatic rings. The number of fused-ring (bicyclic) bond motifs is 2. The molecule has 6 heterocycles. The van der Waals surface area contributed by atoms with Gasteiger partial charge in [0.2, 0.25) is 5.95 Å². The summed E-state index contributed by atoms with van der Waals surface area (Å²) in [5.74, 6) is -0.0891. The number of hydrogen-bond acceptors (Lipinski definition) is 15. The Morgan fingerprint density at radius 2 is 1.80 bits per heavy atom.